The first-order valence-corrected chi connectivity index (χ1v) is 10.5. The van der Waals surface area contributed by atoms with Gasteiger partial charge < -0.3 is 10.2 Å². The lowest BCUT2D eigenvalue weighted by molar-refractivity contribution is -0.132. The molecule has 1 amide bonds. The van der Waals surface area contributed by atoms with Crippen LogP contribution in [0, 0.1) is 0 Å². The first kappa shape index (κ1) is 20.6. The number of fused-ring (bicyclic) bond motifs is 1. The molecule has 1 atom stereocenters. The van der Waals surface area contributed by atoms with Gasteiger partial charge in [-0.15, -0.1) is 23.7 Å². The van der Waals surface area contributed by atoms with Crippen LogP contribution in [0.5, 0.6) is 0 Å². The molecule has 0 saturated carbocycles. The zero-order chi connectivity index (χ0) is 17.9. The van der Waals surface area contributed by atoms with Crippen LogP contribution in [0.15, 0.2) is 35.7 Å². The Morgan fingerprint density at radius 1 is 1.30 bits per heavy atom. The fourth-order valence-corrected chi connectivity index (χ4v) is 5.00. The number of nitrogens with one attached hydrogen (secondary N) is 1. The van der Waals surface area contributed by atoms with E-state index in [1.807, 2.05) is 34.4 Å². The summed E-state index contributed by atoms with van der Waals surface area (Å²) in [5, 5.41) is 6.36. The Morgan fingerprint density at radius 2 is 2.19 bits per heavy atom. The third-order valence-corrected chi connectivity index (χ3v) is 6.62. The number of thiophene rings is 1. The van der Waals surface area contributed by atoms with Crippen LogP contribution >= 0.6 is 35.3 Å². The molecule has 0 spiro atoms. The van der Waals surface area contributed by atoms with Gasteiger partial charge in [-0.05, 0) is 41.1 Å². The molecule has 1 aromatic carbocycles. The Morgan fingerprint density at radius 3 is 3.04 bits per heavy atom. The van der Waals surface area contributed by atoms with Crippen LogP contribution in [-0.4, -0.2) is 48.4 Å². The van der Waals surface area contributed by atoms with Crippen LogP contribution in [0.4, 0.5) is 0 Å². The number of halogens is 2. The average Bonchev–Trinajstić information content (AvgIpc) is 3.14. The van der Waals surface area contributed by atoms with Gasteiger partial charge in [0.05, 0.1) is 0 Å². The molecule has 1 N–H and O–H groups in total. The van der Waals surface area contributed by atoms with E-state index in [2.05, 4.69) is 27.7 Å². The Kier molecular flexibility index (Phi) is 7.17. The van der Waals surface area contributed by atoms with Gasteiger partial charge in [0.15, 0.2) is 0 Å². The Hall–Kier alpha value is -1.11. The molecule has 3 heterocycles. The molecule has 146 valence electrons. The van der Waals surface area contributed by atoms with E-state index in [1.54, 1.807) is 0 Å². The zero-order valence-electron chi connectivity index (χ0n) is 15.2. The summed E-state index contributed by atoms with van der Waals surface area (Å²) in [6.07, 6.45) is 1.58. The summed E-state index contributed by atoms with van der Waals surface area (Å²) >= 11 is 7.98. The average molecular weight is 426 g/mol. The van der Waals surface area contributed by atoms with Gasteiger partial charge in [0.2, 0.25) is 5.91 Å². The van der Waals surface area contributed by atoms with Crippen LogP contribution in [0.25, 0.3) is 0 Å². The molecular weight excluding hydrogens is 401 g/mol. The van der Waals surface area contributed by atoms with Crippen LogP contribution < -0.4 is 5.32 Å². The maximum Gasteiger partial charge on any atom is 0.224 e. The first-order valence-electron chi connectivity index (χ1n) is 9.24. The predicted molar refractivity (Wildman–Crippen MR) is 114 cm³/mol. The molecule has 0 aliphatic carbocycles. The van der Waals surface area contributed by atoms with E-state index in [0.29, 0.717) is 6.42 Å². The van der Waals surface area contributed by atoms with Crippen LogP contribution in [0.1, 0.15) is 28.5 Å². The molecule has 1 fully saturated rings. The van der Waals surface area contributed by atoms with Gasteiger partial charge in [-0.1, -0.05) is 23.7 Å². The van der Waals surface area contributed by atoms with Crippen molar-refractivity contribution < 1.29 is 4.79 Å². The molecule has 4 nitrogen and oxygen atoms in total. The van der Waals surface area contributed by atoms with Crippen molar-refractivity contribution >= 4 is 41.3 Å². The second-order valence-electron chi connectivity index (χ2n) is 7.00. The van der Waals surface area contributed by atoms with Crippen molar-refractivity contribution in [2.75, 3.05) is 32.7 Å². The van der Waals surface area contributed by atoms with E-state index >= 15 is 0 Å². The molecule has 2 aromatic rings. The molecule has 2 aliphatic heterocycles. The lowest BCUT2D eigenvalue weighted by atomic mass is 10.0. The normalized spacial score (nSPS) is 20.0. The third-order valence-electron chi connectivity index (χ3n) is 5.36. The summed E-state index contributed by atoms with van der Waals surface area (Å²) in [4.78, 5) is 18.6. The predicted octanol–water partition coefficient (Wildman–Crippen LogP) is 3.74. The summed E-state index contributed by atoms with van der Waals surface area (Å²) in [7, 11) is 0. The van der Waals surface area contributed by atoms with Crippen LogP contribution in [0.2, 0.25) is 5.02 Å². The van der Waals surface area contributed by atoms with Crippen molar-refractivity contribution in [2.24, 2.45) is 0 Å². The second kappa shape index (κ2) is 9.39. The van der Waals surface area contributed by atoms with Gasteiger partial charge >= 0.3 is 0 Å². The fourth-order valence-electron chi connectivity index (χ4n) is 3.92. The van der Waals surface area contributed by atoms with E-state index in [-0.39, 0.29) is 24.4 Å². The van der Waals surface area contributed by atoms with Crippen molar-refractivity contribution in [1.82, 2.24) is 15.1 Å². The largest absolute Gasteiger partial charge is 0.338 e. The van der Waals surface area contributed by atoms with Gasteiger partial charge in [-0.2, -0.15) is 0 Å². The highest BCUT2D eigenvalue weighted by molar-refractivity contribution is 7.10. The summed E-state index contributed by atoms with van der Waals surface area (Å²) in [5.74, 6) is 0.269. The topological polar surface area (TPSA) is 35.6 Å². The summed E-state index contributed by atoms with van der Waals surface area (Å²) in [6, 6.07) is 10.5. The standard InChI is InChI=1S/C20H24ClN3OS.ClH/c21-17-3-1-2-15(12-17)18-13-22-7-10-23(18)9-5-20(25)24-8-4-19-16(14-24)6-11-26-19;/h1-3,6,11-12,18,22H,4-5,7-10,13-14H2;1H. The molecule has 27 heavy (non-hydrogen) atoms. The highest BCUT2D eigenvalue weighted by atomic mass is 35.5. The highest BCUT2D eigenvalue weighted by Gasteiger charge is 2.26. The van der Waals surface area contributed by atoms with Gasteiger partial charge in [0.1, 0.15) is 0 Å². The molecule has 7 heteroatoms. The minimum atomic E-state index is 0. The van der Waals surface area contributed by atoms with Crippen LogP contribution in [0.3, 0.4) is 0 Å². The van der Waals surface area contributed by atoms with E-state index in [0.717, 1.165) is 50.7 Å². The Labute approximate surface area is 175 Å². The molecule has 1 unspecified atom stereocenters. The lowest BCUT2D eigenvalue weighted by Gasteiger charge is -2.37. The number of nitrogens with zero attached hydrogens (tertiary/aromatic N) is 2. The van der Waals surface area contributed by atoms with Crippen LogP contribution in [-0.2, 0) is 17.8 Å². The van der Waals surface area contributed by atoms with E-state index in [4.69, 9.17) is 11.6 Å². The van der Waals surface area contributed by atoms with Crippen molar-refractivity contribution in [3.63, 3.8) is 0 Å². The molecule has 2 aliphatic rings. The first-order chi connectivity index (χ1) is 12.7. The van der Waals surface area contributed by atoms with E-state index < -0.39 is 0 Å². The van der Waals surface area contributed by atoms with E-state index in [9.17, 15) is 4.79 Å². The van der Waals surface area contributed by atoms with Crippen molar-refractivity contribution in [3.8, 4) is 0 Å². The molecule has 0 bridgehead atoms. The number of piperazine rings is 1. The molecular formula is C20H25Cl2N3OS. The second-order valence-corrected chi connectivity index (χ2v) is 8.43. The minimum absolute atomic E-state index is 0. The number of hydrogen-bond acceptors (Lipinski definition) is 4. The third kappa shape index (κ3) is 4.84. The number of amides is 1. The van der Waals surface area contributed by atoms with Crippen molar-refractivity contribution in [2.45, 2.75) is 25.4 Å². The number of rotatable bonds is 4. The fraction of sp³-hybridized carbons (Fsp3) is 0.450. The maximum absolute atomic E-state index is 12.7. The molecule has 4 rings (SSSR count). The number of carbonyl (C=O) groups excluding carboxylic acids is 1. The van der Waals surface area contributed by atoms with E-state index in [1.165, 1.54) is 16.0 Å². The smallest absolute Gasteiger partial charge is 0.224 e. The summed E-state index contributed by atoms with van der Waals surface area (Å²) in [5.41, 5.74) is 2.55. The summed E-state index contributed by atoms with van der Waals surface area (Å²) < 4.78 is 0. The minimum Gasteiger partial charge on any atom is -0.338 e. The SMILES string of the molecule is Cl.O=C(CCN1CCNCC1c1cccc(Cl)c1)N1CCc2sccc2C1. The quantitative estimate of drug-likeness (QED) is 0.809. The zero-order valence-corrected chi connectivity index (χ0v) is 17.6. The van der Waals surface area contributed by atoms with Gasteiger partial charge in [-0.25, -0.2) is 0 Å². The Balaban J connectivity index is 0.00000210. The summed E-state index contributed by atoms with van der Waals surface area (Å²) in [6.45, 7) is 5.25. The molecule has 1 saturated heterocycles. The molecule has 0 radical (unpaired) electrons. The number of carbonyl (C=O) groups is 1. The number of benzene rings is 1. The van der Waals surface area contributed by atoms with Gasteiger partial charge in [-0.3, -0.25) is 9.69 Å². The van der Waals surface area contributed by atoms with Crippen molar-refractivity contribution in [1.29, 1.82) is 0 Å². The van der Waals surface area contributed by atoms with Gasteiger partial charge in [0.25, 0.3) is 0 Å². The maximum atomic E-state index is 12.7. The monoisotopic (exact) mass is 425 g/mol. The molecule has 1 aromatic heterocycles. The van der Waals surface area contributed by atoms with Gasteiger partial charge in [0, 0.05) is 61.6 Å². The highest BCUT2D eigenvalue weighted by Crippen LogP contribution is 2.26. The number of hydrogen-bond donors (Lipinski definition) is 1. The Bertz CT molecular complexity index is 782. The van der Waals surface area contributed by atoms with Crippen molar-refractivity contribution in [3.05, 3.63) is 56.7 Å². The lowest BCUT2D eigenvalue weighted by Crippen LogP contribution is -2.47.